The Morgan fingerprint density at radius 3 is 2.43 bits per heavy atom. The first-order chi connectivity index (χ1) is 9.96. The Labute approximate surface area is 135 Å². The van der Waals surface area contributed by atoms with Gasteiger partial charge in [0.05, 0.1) is 17.3 Å². The summed E-state index contributed by atoms with van der Waals surface area (Å²) in [5.74, 6) is 1.60. The van der Waals surface area contributed by atoms with E-state index < -0.39 is 18.0 Å². The minimum Gasteiger partial charge on any atom is -0.394 e. The summed E-state index contributed by atoms with van der Waals surface area (Å²) in [4.78, 5) is 0. The molecule has 0 bridgehead atoms. The first-order valence-electron chi connectivity index (χ1n) is 7.37. The Bertz CT molecular complexity index is 322. The van der Waals surface area contributed by atoms with E-state index in [0.717, 1.165) is 6.42 Å². The SMILES string of the molecule is CO[C@H](CC1SCCCS1)[C@H]1OC(C)(C)O[C@@H]1[C@H](O)CO. The standard InChI is InChI=1S/C14H26O5S2/c1-14(2)18-12(9(16)8-15)13(19-14)10(17-3)7-11-20-5-4-6-21-11/h9-13,15-16H,4-8H2,1-3H3/t9-,10-,12-,13-/m1/s1. The van der Waals surface area contributed by atoms with Crippen LogP contribution >= 0.6 is 23.5 Å². The molecule has 2 fully saturated rings. The Hall–Kier alpha value is 0.500. The first kappa shape index (κ1) is 17.8. The Morgan fingerprint density at radius 2 is 1.86 bits per heavy atom. The molecule has 0 aromatic heterocycles. The molecule has 2 aliphatic heterocycles. The lowest BCUT2D eigenvalue weighted by atomic mass is 10.0. The van der Waals surface area contributed by atoms with Crippen LogP contribution in [0.25, 0.3) is 0 Å². The van der Waals surface area contributed by atoms with Gasteiger partial charge in [0.25, 0.3) is 0 Å². The highest BCUT2D eigenvalue weighted by atomic mass is 32.2. The summed E-state index contributed by atoms with van der Waals surface area (Å²) in [6, 6.07) is 0. The van der Waals surface area contributed by atoms with Gasteiger partial charge in [-0.25, -0.2) is 0 Å². The van der Waals surface area contributed by atoms with Crippen LogP contribution < -0.4 is 0 Å². The maximum absolute atomic E-state index is 9.99. The fourth-order valence-corrected chi connectivity index (χ4v) is 5.68. The van der Waals surface area contributed by atoms with Crippen molar-refractivity contribution in [2.45, 2.75) is 61.5 Å². The van der Waals surface area contributed by atoms with E-state index in [4.69, 9.17) is 14.2 Å². The molecule has 7 heteroatoms. The Morgan fingerprint density at radius 1 is 1.24 bits per heavy atom. The van der Waals surface area contributed by atoms with Gasteiger partial charge in [-0.1, -0.05) is 0 Å². The molecule has 0 aromatic rings. The van der Waals surface area contributed by atoms with Gasteiger partial charge in [0, 0.05) is 7.11 Å². The Balaban J connectivity index is 2.03. The first-order valence-corrected chi connectivity index (χ1v) is 9.47. The summed E-state index contributed by atoms with van der Waals surface area (Å²) in [5.41, 5.74) is 0. The highest BCUT2D eigenvalue weighted by Gasteiger charge is 2.48. The quantitative estimate of drug-likeness (QED) is 0.760. The second-order valence-electron chi connectivity index (χ2n) is 5.85. The van der Waals surface area contributed by atoms with Crippen molar-refractivity contribution >= 4 is 23.5 Å². The van der Waals surface area contributed by atoms with Crippen molar-refractivity contribution in [3.05, 3.63) is 0 Å². The van der Waals surface area contributed by atoms with E-state index in [1.807, 2.05) is 37.4 Å². The van der Waals surface area contributed by atoms with Crippen molar-refractivity contribution in [2.75, 3.05) is 25.2 Å². The van der Waals surface area contributed by atoms with Crippen LogP contribution in [-0.2, 0) is 14.2 Å². The lowest BCUT2D eigenvalue weighted by Crippen LogP contribution is -2.45. The molecule has 0 radical (unpaired) electrons. The third-order valence-corrected chi connectivity index (χ3v) is 6.71. The van der Waals surface area contributed by atoms with E-state index in [0.29, 0.717) is 4.58 Å². The zero-order valence-corrected chi connectivity index (χ0v) is 14.5. The average Bonchev–Trinajstić information content (AvgIpc) is 2.80. The van der Waals surface area contributed by atoms with Crippen molar-refractivity contribution in [1.29, 1.82) is 0 Å². The van der Waals surface area contributed by atoms with Crippen molar-refractivity contribution < 1.29 is 24.4 Å². The monoisotopic (exact) mass is 338 g/mol. The van der Waals surface area contributed by atoms with Crippen molar-refractivity contribution in [3.8, 4) is 0 Å². The molecule has 0 saturated carbocycles. The molecular formula is C14H26O5S2. The van der Waals surface area contributed by atoms with Crippen molar-refractivity contribution in [1.82, 2.24) is 0 Å². The maximum Gasteiger partial charge on any atom is 0.164 e. The van der Waals surface area contributed by atoms with E-state index in [-0.39, 0.29) is 18.8 Å². The summed E-state index contributed by atoms with van der Waals surface area (Å²) in [6.45, 7) is 3.30. The zero-order valence-electron chi connectivity index (χ0n) is 12.9. The molecule has 0 amide bonds. The smallest absolute Gasteiger partial charge is 0.164 e. The third kappa shape index (κ3) is 4.73. The van der Waals surface area contributed by atoms with E-state index in [1.54, 1.807) is 7.11 Å². The van der Waals surface area contributed by atoms with Gasteiger partial charge in [0.1, 0.15) is 18.3 Å². The summed E-state index contributed by atoms with van der Waals surface area (Å²) in [5, 5.41) is 19.2. The molecule has 2 rings (SSSR count). The number of hydrogen-bond donors (Lipinski definition) is 2. The van der Waals surface area contributed by atoms with E-state index in [1.165, 1.54) is 17.9 Å². The number of thioether (sulfide) groups is 2. The molecule has 2 N–H and O–H groups in total. The van der Waals surface area contributed by atoms with Crippen LogP contribution in [0.2, 0.25) is 0 Å². The summed E-state index contributed by atoms with van der Waals surface area (Å²) in [6.07, 6.45) is 0.0710. The van der Waals surface area contributed by atoms with Crippen LogP contribution in [0.5, 0.6) is 0 Å². The number of hydrogen-bond acceptors (Lipinski definition) is 7. The fraction of sp³-hybridized carbons (Fsp3) is 1.00. The summed E-state index contributed by atoms with van der Waals surface area (Å²) < 4.78 is 17.8. The average molecular weight is 338 g/mol. The zero-order chi connectivity index (χ0) is 15.5. The third-order valence-electron chi connectivity index (χ3n) is 3.72. The van der Waals surface area contributed by atoms with Gasteiger partial charge >= 0.3 is 0 Å². The van der Waals surface area contributed by atoms with Crippen LogP contribution in [-0.4, -0.2) is 70.2 Å². The van der Waals surface area contributed by atoms with Gasteiger partial charge in [0.2, 0.25) is 0 Å². The molecular weight excluding hydrogens is 312 g/mol. The highest BCUT2D eigenvalue weighted by Crippen LogP contribution is 2.38. The van der Waals surface area contributed by atoms with E-state index in [2.05, 4.69) is 0 Å². The minimum absolute atomic E-state index is 0.152. The lowest BCUT2D eigenvalue weighted by molar-refractivity contribution is -0.163. The summed E-state index contributed by atoms with van der Waals surface area (Å²) in [7, 11) is 1.67. The van der Waals surface area contributed by atoms with Gasteiger partial charge in [-0.05, 0) is 38.2 Å². The van der Waals surface area contributed by atoms with Gasteiger partial charge in [-0.3, -0.25) is 0 Å². The lowest BCUT2D eigenvalue weighted by Gasteiger charge is -2.31. The van der Waals surface area contributed by atoms with Gasteiger partial charge < -0.3 is 24.4 Å². The van der Waals surface area contributed by atoms with E-state index in [9.17, 15) is 10.2 Å². The number of aliphatic hydroxyl groups is 2. The number of ether oxygens (including phenoxy) is 3. The summed E-state index contributed by atoms with van der Waals surface area (Å²) >= 11 is 3.91. The topological polar surface area (TPSA) is 68.2 Å². The van der Waals surface area contributed by atoms with Crippen LogP contribution in [0.4, 0.5) is 0 Å². The second kappa shape index (κ2) is 7.86. The fourth-order valence-electron chi connectivity index (χ4n) is 2.73. The molecule has 124 valence electrons. The molecule has 5 nitrogen and oxygen atoms in total. The maximum atomic E-state index is 9.99. The van der Waals surface area contributed by atoms with Crippen LogP contribution in [0, 0.1) is 0 Å². The molecule has 0 unspecified atom stereocenters. The number of methoxy groups -OCH3 is 1. The van der Waals surface area contributed by atoms with Crippen LogP contribution in [0.1, 0.15) is 26.7 Å². The van der Waals surface area contributed by atoms with Crippen molar-refractivity contribution in [2.24, 2.45) is 0 Å². The predicted octanol–water partition coefficient (Wildman–Crippen LogP) is 1.46. The second-order valence-corrected chi connectivity index (χ2v) is 8.77. The molecule has 0 aromatic carbocycles. The molecule has 2 heterocycles. The minimum atomic E-state index is -0.957. The highest BCUT2D eigenvalue weighted by molar-refractivity contribution is 8.17. The van der Waals surface area contributed by atoms with Crippen molar-refractivity contribution in [3.63, 3.8) is 0 Å². The molecule has 21 heavy (non-hydrogen) atoms. The molecule has 0 spiro atoms. The predicted molar refractivity (Wildman–Crippen MR) is 85.7 cm³/mol. The van der Waals surface area contributed by atoms with Gasteiger partial charge in [-0.15, -0.1) is 23.5 Å². The normalized spacial score (nSPS) is 33.0. The van der Waals surface area contributed by atoms with Gasteiger partial charge in [-0.2, -0.15) is 0 Å². The Kier molecular flexibility index (Phi) is 6.68. The number of rotatable bonds is 6. The van der Waals surface area contributed by atoms with Crippen LogP contribution in [0.15, 0.2) is 0 Å². The number of aliphatic hydroxyl groups excluding tert-OH is 2. The molecule has 2 saturated heterocycles. The molecule has 0 aliphatic carbocycles. The van der Waals surface area contributed by atoms with E-state index >= 15 is 0 Å². The molecule has 2 aliphatic rings. The largest absolute Gasteiger partial charge is 0.394 e. The molecule has 4 atom stereocenters. The van der Waals surface area contributed by atoms with Crippen LogP contribution in [0.3, 0.4) is 0 Å². The van der Waals surface area contributed by atoms with Gasteiger partial charge in [0.15, 0.2) is 5.79 Å².